The van der Waals surface area contributed by atoms with Gasteiger partial charge in [-0.3, -0.25) is 4.79 Å². The van der Waals surface area contributed by atoms with Crippen molar-refractivity contribution in [3.63, 3.8) is 0 Å². The molecule has 0 heterocycles. The number of halogens is 2. The summed E-state index contributed by atoms with van der Waals surface area (Å²) in [4.78, 5) is 24.3. The van der Waals surface area contributed by atoms with E-state index >= 15 is 0 Å². The van der Waals surface area contributed by atoms with Crippen LogP contribution in [0.5, 0.6) is 0 Å². The Morgan fingerprint density at radius 2 is 1.73 bits per heavy atom. The first-order chi connectivity index (χ1) is 14.2. The molecule has 4 nitrogen and oxygen atoms in total. The third-order valence-electron chi connectivity index (χ3n) is 4.64. The predicted octanol–water partition coefficient (Wildman–Crippen LogP) is 5.78. The zero-order chi connectivity index (χ0) is 22.7. The maximum Gasteiger partial charge on any atom is 0.236 e. The molecule has 0 aliphatic rings. The Balaban J connectivity index is 0.000000325. The molecule has 0 aliphatic carbocycles. The third-order valence-corrected chi connectivity index (χ3v) is 4.64. The average Bonchev–Trinajstić information content (AvgIpc) is 2.74. The zero-order valence-corrected chi connectivity index (χ0v) is 18.4. The summed E-state index contributed by atoms with van der Waals surface area (Å²) in [5.74, 6) is -1.14. The molecule has 30 heavy (non-hydrogen) atoms. The summed E-state index contributed by atoms with van der Waals surface area (Å²) in [5.41, 5.74) is 2.22. The molecule has 0 bridgehead atoms. The van der Waals surface area contributed by atoms with Crippen LogP contribution in [-0.4, -0.2) is 25.8 Å². The number of rotatable bonds is 8. The minimum atomic E-state index is -0.674. The van der Waals surface area contributed by atoms with Crippen molar-refractivity contribution in [1.29, 1.82) is 0 Å². The molecule has 2 rings (SSSR count). The molecule has 0 radical (unpaired) electrons. The van der Waals surface area contributed by atoms with Crippen molar-refractivity contribution in [2.75, 3.05) is 23.8 Å². The van der Waals surface area contributed by atoms with Crippen molar-refractivity contribution >= 4 is 23.6 Å². The molecule has 6 heteroatoms. The highest BCUT2D eigenvalue weighted by atomic mass is 19.1. The van der Waals surface area contributed by atoms with E-state index in [4.69, 9.17) is 0 Å². The van der Waals surface area contributed by atoms with E-state index in [9.17, 15) is 18.4 Å². The number of benzene rings is 2. The SMILES string of the molecule is CCCCN(C(=O)C(C)C=O)c1ccc(F)cc1.CNc1ccc(C(C)C)c(F)c1. The van der Waals surface area contributed by atoms with E-state index in [0.717, 1.165) is 24.1 Å². The Labute approximate surface area is 178 Å². The molecule has 1 unspecified atom stereocenters. The maximum absolute atomic E-state index is 13.2. The predicted molar refractivity (Wildman–Crippen MR) is 119 cm³/mol. The van der Waals surface area contributed by atoms with Gasteiger partial charge in [0.2, 0.25) is 5.91 Å². The van der Waals surface area contributed by atoms with Gasteiger partial charge in [0.1, 0.15) is 17.9 Å². The zero-order valence-electron chi connectivity index (χ0n) is 18.4. The Kier molecular flexibility index (Phi) is 10.7. The number of carbonyl (C=O) groups excluding carboxylic acids is 2. The quantitative estimate of drug-likeness (QED) is 0.436. The largest absolute Gasteiger partial charge is 0.388 e. The Morgan fingerprint density at radius 1 is 1.10 bits per heavy atom. The summed E-state index contributed by atoms with van der Waals surface area (Å²) in [5, 5.41) is 2.89. The van der Waals surface area contributed by atoms with E-state index in [2.05, 4.69) is 5.32 Å². The van der Waals surface area contributed by atoms with E-state index in [0.29, 0.717) is 18.5 Å². The fourth-order valence-corrected chi connectivity index (χ4v) is 2.76. The van der Waals surface area contributed by atoms with Gasteiger partial charge in [0.25, 0.3) is 0 Å². The summed E-state index contributed by atoms with van der Waals surface area (Å²) in [6.07, 6.45) is 2.42. The van der Waals surface area contributed by atoms with E-state index < -0.39 is 5.92 Å². The summed E-state index contributed by atoms with van der Waals surface area (Å²) in [6.45, 7) is 8.10. The van der Waals surface area contributed by atoms with Gasteiger partial charge in [-0.15, -0.1) is 0 Å². The molecular formula is C24H32F2N2O2. The Hall–Kier alpha value is -2.76. The number of unbranched alkanes of at least 4 members (excludes halogenated alkanes) is 1. The van der Waals surface area contributed by atoms with Crippen molar-refractivity contribution in [3.05, 3.63) is 59.7 Å². The molecule has 2 aromatic carbocycles. The van der Waals surface area contributed by atoms with Crippen LogP contribution in [0.1, 0.15) is 52.0 Å². The highest BCUT2D eigenvalue weighted by Crippen LogP contribution is 2.21. The van der Waals surface area contributed by atoms with Crippen molar-refractivity contribution in [1.82, 2.24) is 0 Å². The van der Waals surface area contributed by atoms with Gasteiger partial charge < -0.3 is 15.0 Å². The Morgan fingerprint density at radius 3 is 2.20 bits per heavy atom. The minimum absolute atomic E-state index is 0.128. The highest BCUT2D eigenvalue weighted by Gasteiger charge is 2.21. The van der Waals surface area contributed by atoms with Gasteiger partial charge in [-0.05, 0) is 61.2 Å². The minimum Gasteiger partial charge on any atom is -0.388 e. The van der Waals surface area contributed by atoms with E-state index in [1.165, 1.54) is 18.2 Å². The van der Waals surface area contributed by atoms with Gasteiger partial charge in [-0.25, -0.2) is 8.78 Å². The normalized spacial score (nSPS) is 11.3. The van der Waals surface area contributed by atoms with Crippen LogP contribution in [0.4, 0.5) is 20.2 Å². The van der Waals surface area contributed by atoms with Gasteiger partial charge in [-0.2, -0.15) is 0 Å². The smallest absolute Gasteiger partial charge is 0.236 e. The lowest BCUT2D eigenvalue weighted by molar-refractivity contribution is -0.126. The average molecular weight is 419 g/mol. The lowest BCUT2D eigenvalue weighted by Crippen LogP contribution is -2.36. The standard InChI is InChI=1S/C14H18FNO2.C10H14FN/c1-3-4-9-16(14(18)11(2)10-17)13-7-5-12(15)6-8-13;1-7(2)9-5-4-8(12-3)6-10(9)11/h5-8,10-11H,3-4,9H2,1-2H3;4-7,12H,1-3H3. The molecule has 1 N–H and O–H groups in total. The first-order valence-electron chi connectivity index (χ1n) is 10.2. The van der Waals surface area contributed by atoms with Crippen LogP contribution < -0.4 is 10.2 Å². The first kappa shape index (κ1) is 25.3. The fraction of sp³-hybridized carbons (Fsp3) is 0.417. The second-order valence-electron chi connectivity index (χ2n) is 7.39. The third kappa shape index (κ3) is 7.58. The molecule has 1 amide bonds. The molecule has 0 aliphatic heterocycles. The van der Waals surface area contributed by atoms with Gasteiger partial charge in [-0.1, -0.05) is 33.3 Å². The van der Waals surface area contributed by atoms with Crippen LogP contribution in [0, 0.1) is 17.6 Å². The summed E-state index contributed by atoms with van der Waals surface area (Å²) in [7, 11) is 1.78. The van der Waals surface area contributed by atoms with Crippen molar-refractivity contribution in [3.8, 4) is 0 Å². The first-order valence-corrected chi connectivity index (χ1v) is 10.2. The van der Waals surface area contributed by atoms with Crippen LogP contribution in [0.25, 0.3) is 0 Å². The number of hydrogen-bond donors (Lipinski definition) is 1. The lowest BCUT2D eigenvalue weighted by Gasteiger charge is -2.24. The number of amides is 1. The Bertz CT molecular complexity index is 807. The molecular weight excluding hydrogens is 386 g/mol. The van der Waals surface area contributed by atoms with Crippen LogP contribution in [0.2, 0.25) is 0 Å². The number of anilines is 2. The molecule has 0 spiro atoms. The van der Waals surface area contributed by atoms with Crippen molar-refractivity contribution in [2.24, 2.45) is 5.92 Å². The van der Waals surface area contributed by atoms with Crippen molar-refractivity contribution < 1.29 is 18.4 Å². The number of hydrogen-bond acceptors (Lipinski definition) is 3. The van der Waals surface area contributed by atoms with Crippen molar-refractivity contribution in [2.45, 2.75) is 46.5 Å². The lowest BCUT2D eigenvalue weighted by atomic mass is 10.0. The van der Waals surface area contributed by atoms with Crippen LogP contribution in [0.15, 0.2) is 42.5 Å². The molecule has 0 saturated carbocycles. The van der Waals surface area contributed by atoms with Gasteiger partial charge in [0.05, 0.1) is 5.92 Å². The van der Waals surface area contributed by atoms with Crippen LogP contribution >= 0.6 is 0 Å². The fourth-order valence-electron chi connectivity index (χ4n) is 2.76. The number of nitrogens with one attached hydrogen (secondary N) is 1. The number of aldehydes is 1. The maximum atomic E-state index is 13.2. The molecule has 164 valence electrons. The second-order valence-corrected chi connectivity index (χ2v) is 7.39. The van der Waals surface area contributed by atoms with E-state index in [-0.39, 0.29) is 23.5 Å². The molecule has 2 aromatic rings. The van der Waals surface area contributed by atoms with Crippen LogP contribution in [0.3, 0.4) is 0 Å². The van der Waals surface area contributed by atoms with Gasteiger partial charge in [0, 0.05) is 25.0 Å². The van der Waals surface area contributed by atoms with E-state index in [1.807, 2.05) is 32.9 Å². The topological polar surface area (TPSA) is 49.4 Å². The molecule has 0 aromatic heterocycles. The van der Waals surface area contributed by atoms with E-state index in [1.54, 1.807) is 31.0 Å². The molecule has 0 saturated heterocycles. The molecule has 0 fully saturated rings. The summed E-state index contributed by atoms with van der Waals surface area (Å²) < 4.78 is 26.1. The van der Waals surface area contributed by atoms with Crippen LogP contribution in [-0.2, 0) is 9.59 Å². The summed E-state index contributed by atoms with van der Waals surface area (Å²) in [6, 6.07) is 11.0. The van der Waals surface area contributed by atoms with Gasteiger partial charge >= 0.3 is 0 Å². The molecule has 1 atom stereocenters. The second kappa shape index (κ2) is 12.7. The highest BCUT2D eigenvalue weighted by molar-refractivity contribution is 6.02. The number of carbonyl (C=O) groups is 2. The summed E-state index contributed by atoms with van der Waals surface area (Å²) >= 11 is 0. The monoisotopic (exact) mass is 418 g/mol. The number of nitrogens with zero attached hydrogens (tertiary/aromatic N) is 1. The van der Waals surface area contributed by atoms with Gasteiger partial charge in [0.15, 0.2) is 0 Å².